The van der Waals surface area contributed by atoms with E-state index >= 15 is 0 Å². The van der Waals surface area contributed by atoms with Gasteiger partial charge in [0.05, 0.1) is 18.6 Å². The largest absolute Gasteiger partial charge is 0.457 e. The molecular weight excluding hydrogens is 266 g/mol. The molecule has 1 amide bonds. The van der Waals surface area contributed by atoms with Crippen LogP contribution in [0.25, 0.3) is 0 Å². The highest BCUT2D eigenvalue weighted by atomic mass is 16.5. The average Bonchev–Trinajstić information content (AvgIpc) is 2.48. The van der Waals surface area contributed by atoms with E-state index in [1.54, 1.807) is 0 Å². The van der Waals surface area contributed by atoms with E-state index in [4.69, 9.17) is 9.47 Å². The molecule has 0 radical (unpaired) electrons. The van der Waals surface area contributed by atoms with Crippen LogP contribution in [0.3, 0.4) is 0 Å². The van der Waals surface area contributed by atoms with Crippen LogP contribution >= 0.6 is 0 Å². The first-order valence-corrected chi connectivity index (χ1v) is 6.88. The smallest absolute Gasteiger partial charge is 0.234 e. The van der Waals surface area contributed by atoms with Gasteiger partial charge in [-0.2, -0.15) is 0 Å². The quantitative estimate of drug-likeness (QED) is 0.934. The Morgan fingerprint density at radius 1 is 1.05 bits per heavy atom. The predicted molar refractivity (Wildman–Crippen MR) is 80.5 cm³/mol. The van der Waals surface area contributed by atoms with Crippen LogP contribution in [0.15, 0.2) is 54.6 Å². The number of benzene rings is 2. The van der Waals surface area contributed by atoms with E-state index in [1.807, 2.05) is 61.5 Å². The van der Waals surface area contributed by atoms with Crippen molar-refractivity contribution in [3.63, 3.8) is 0 Å². The number of amides is 1. The second kappa shape index (κ2) is 5.58. The highest BCUT2D eigenvalue weighted by Crippen LogP contribution is 2.29. The minimum absolute atomic E-state index is 0.00882. The highest BCUT2D eigenvalue weighted by molar-refractivity contribution is 5.95. The Kier molecular flexibility index (Phi) is 3.62. The third-order valence-electron chi connectivity index (χ3n) is 3.48. The molecule has 1 saturated heterocycles. The number of hydrogen-bond donors (Lipinski definition) is 1. The average molecular weight is 283 g/mol. The normalized spacial score (nSPS) is 15.9. The number of rotatable bonds is 4. The van der Waals surface area contributed by atoms with Gasteiger partial charge in [0.15, 0.2) is 0 Å². The van der Waals surface area contributed by atoms with Gasteiger partial charge < -0.3 is 14.8 Å². The fraction of sp³-hybridized carbons (Fsp3) is 0.235. The molecule has 1 fully saturated rings. The fourth-order valence-corrected chi connectivity index (χ4v) is 2.05. The molecule has 0 aromatic heterocycles. The summed E-state index contributed by atoms with van der Waals surface area (Å²) in [5.41, 5.74) is 0.354. The van der Waals surface area contributed by atoms with Crippen LogP contribution < -0.4 is 10.1 Å². The number of hydrogen-bond acceptors (Lipinski definition) is 3. The number of carbonyl (C=O) groups is 1. The summed E-state index contributed by atoms with van der Waals surface area (Å²) in [7, 11) is 0. The Balaban J connectivity index is 1.63. The van der Waals surface area contributed by atoms with Crippen molar-refractivity contribution in [2.75, 3.05) is 18.5 Å². The summed E-state index contributed by atoms with van der Waals surface area (Å²) >= 11 is 0. The summed E-state index contributed by atoms with van der Waals surface area (Å²) in [6.07, 6.45) is 0. The fourth-order valence-electron chi connectivity index (χ4n) is 2.05. The second-order valence-electron chi connectivity index (χ2n) is 5.45. The third kappa shape index (κ3) is 3.06. The summed E-state index contributed by atoms with van der Waals surface area (Å²) in [4.78, 5) is 12.1. The van der Waals surface area contributed by atoms with Gasteiger partial charge in [-0.15, -0.1) is 0 Å². The van der Waals surface area contributed by atoms with Crippen molar-refractivity contribution in [3.05, 3.63) is 54.6 Å². The minimum Gasteiger partial charge on any atom is -0.457 e. The molecule has 0 unspecified atom stereocenters. The monoisotopic (exact) mass is 283 g/mol. The summed E-state index contributed by atoms with van der Waals surface area (Å²) < 4.78 is 10.8. The number of anilines is 1. The van der Waals surface area contributed by atoms with Gasteiger partial charge in [-0.25, -0.2) is 0 Å². The summed E-state index contributed by atoms with van der Waals surface area (Å²) in [6.45, 7) is 2.86. The van der Waals surface area contributed by atoms with Gasteiger partial charge in [0.2, 0.25) is 5.91 Å². The van der Waals surface area contributed by atoms with Crippen LogP contribution in [-0.2, 0) is 9.53 Å². The first-order valence-electron chi connectivity index (χ1n) is 6.88. The topological polar surface area (TPSA) is 47.6 Å². The Labute approximate surface area is 123 Å². The van der Waals surface area contributed by atoms with Crippen molar-refractivity contribution in [2.24, 2.45) is 5.41 Å². The first kappa shape index (κ1) is 13.6. The maximum absolute atomic E-state index is 12.1. The molecule has 108 valence electrons. The minimum atomic E-state index is -0.404. The number of para-hydroxylation sites is 1. The molecule has 0 bridgehead atoms. The first-order chi connectivity index (χ1) is 10.2. The molecule has 1 aliphatic rings. The molecule has 0 saturated carbocycles. The van der Waals surface area contributed by atoms with Gasteiger partial charge >= 0.3 is 0 Å². The zero-order chi connectivity index (χ0) is 14.7. The van der Waals surface area contributed by atoms with E-state index in [2.05, 4.69) is 5.32 Å². The van der Waals surface area contributed by atoms with Crippen molar-refractivity contribution in [1.82, 2.24) is 0 Å². The van der Waals surface area contributed by atoms with Crippen molar-refractivity contribution in [3.8, 4) is 11.5 Å². The lowest BCUT2D eigenvalue weighted by molar-refractivity contribution is -0.151. The van der Waals surface area contributed by atoms with E-state index in [0.717, 1.165) is 17.2 Å². The van der Waals surface area contributed by atoms with Crippen LogP contribution in [-0.4, -0.2) is 19.1 Å². The maximum atomic E-state index is 12.1. The molecule has 4 nitrogen and oxygen atoms in total. The number of nitrogens with one attached hydrogen (secondary N) is 1. The third-order valence-corrected chi connectivity index (χ3v) is 3.48. The lowest BCUT2D eigenvalue weighted by Crippen LogP contribution is -2.49. The van der Waals surface area contributed by atoms with Gasteiger partial charge in [0, 0.05) is 5.69 Å². The van der Waals surface area contributed by atoms with E-state index in [-0.39, 0.29) is 5.91 Å². The lowest BCUT2D eigenvalue weighted by atomic mass is 9.87. The molecular formula is C17H17NO3. The molecule has 0 spiro atoms. The molecule has 0 aliphatic carbocycles. The van der Waals surface area contributed by atoms with Crippen LogP contribution in [0.4, 0.5) is 5.69 Å². The van der Waals surface area contributed by atoms with Crippen molar-refractivity contribution >= 4 is 11.6 Å². The van der Waals surface area contributed by atoms with Gasteiger partial charge in [-0.05, 0) is 43.3 Å². The van der Waals surface area contributed by atoms with Crippen molar-refractivity contribution in [1.29, 1.82) is 0 Å². The standard InChI is InChI=1S/C17H17NO3/c1-17(11-20-12-17)16(19)18-13-7-9-15(10-8-13)21-14-5-3-2-4-6-14/h2-10H,11-12H2,1H3,(H,18,19). The van der Waals surface area contributed by atoms with Gasteiger partial charge in [0.25, 0.3) is 0 Å². The van der Waals surface area contributed by atoms with Crippen molar-refractivity contribution in [2.45, 2.75) is 6.92 Å². The molecule has 1 aliphatic heterocycles. The summed E-state index contributed by atoms with van der Waals surface area (Å²) in [6, 6.07) is 16.9. The predicted octanol–water partition coefficient (Wildman–Crippen LogP) is 3.45. The lowest BCUT2D eigenvalue weighted by Gasteiger charge is -2.36. The van der Waals surface area contributed by atoms with Crippen LogP contribution in [0, 0.1) is 5.41 Å². The molecule has 3 rings (SSSR count). The molecule has 1 heterocycles. The Hall–Kier alpha value is -2.33. The van der Waals surface area contributed by atoms with E-state index in [9.17, 15) is 4.79 Å². The van der Waals surface area contributed by atoms with E-state index in [1.165, 1.54) is 0 Å². The van der Waals surface area contributed by atoms with Gasteiger partial charge in [0.1, 0.15) is 11.5 Å². The molecule has 0 atom stereocenters. The van der Waals surface area contributed by atoms with Crippen molar-refractivity contribution < 1.29 is 14.3 Å². The molecule has 21 heavy (non-hydrogen) atoms. The maximum Gasteiger partial charge on any atom is 0.234 e. The van der Waals surface area contributed by atoms with Gasteiger partial charge in [-0.1, -0.05) is 18.2 Å². The molecule has 2 aromatic rings. The highest BCUT2D eigenvalue weighted by Gasteiger charge is 2.41. The zero-order valence-corrected chi connectivity index (χ0v) is 11.8. The van der Waals surface area contributed by atoms with Crippen LogP contribution in [0.2, 0.25) is 0 Å². The summed E-state index contributed by atoms with van der Waals surface area (Å²) in [5.74, 6) is 1.51. The summed E-state index contributed by atoms with van der Waals surface area (Å²) in [5, 5.41) is 2.90. The van der Waals surface area contributed by atoms with Crippen LogP contribution in [0.1, 0.15) is 6.92 Å². The zero-order valence-electron chi connectivity index (χ0n) is 11.8. The number of carbonyl (C=O) groups excluding carboxylic acids is 1. The molecule has 1 N–H and O–H groups in total. The second-order valence-corrected chi connectivity index (χ2v) is 5.45. The number of ether oxygens (including phenoxy) is 2. The van der Waals surface area contributed by atoms with E-state index in [0.29, 0.717) is 13.2 Å². The SMILES string of the molecule is CC1(C(=O)Nc2ccc(Oc3ccccc3)cc2)COC1. The van der Waals surface area contributed by atoms with E-state index < -0.39 is 5.41 Å². The Morgan fingerprint density at radius 2 is 1.67 bits per heavy atom. The Morgan fingerprint density at radius 3 is 2.24 bits per heavy atom. The van der Waals surface area contributed by atoms with Crippen LogP contribution in [0.5, 0.6) is 11.5 Å². The molecule has 4 heteroatoms. The Bertz CT molecular complexity index is 618. The molecule has 2 aromatic carbocycles. The van der Waals surface area contributed by atoms with Gasteiger partial charge in [-0.3, -0.25) is 4.79 Å².